The molecule has 2 aliphatic carbocycles. The molecule has 0 radical (unpaired) electrons. The zero-order valence-electron chi connectivity index (χ0n) is 32.7. The molecular weight excluding hydrogens is 698 g/mol. The third-order valence-corrected chi connectivity index (χ3v) is 12.7. The van der Waals surface area contributed by atoms with Crippen molar-refractivity contribution in [2.45, 2.75) is 70.3 Å². The molecule has 1 unspecified atom stereocenters. The van der Waals surface area contributed by atoms with Crippen LogP contribution in [0.25, 0.3) is 28.0 Å². The summed E-state index contributed by atoms with van der Waals surface area (Å²) in [6.07, 6.45) is 1.09. The van der Waals surface area contributed by atoms with Gasteiger partial charge in [-0.15, -0.1) is 0 Å². The summed E-state index contributed by atoms with van der Waals surface area (Å²) in [5.41, 5.74) is 7.20. The lowest BCUT2D eigenvalue weighted by molar-refractivity contribution is -0.145. The highest BCUT2D eigenvalue weighted by molar-refractivity contribution is 6.12. The predicted octanol–water partition coefficient (Wildman–Crippen LogP) is 11.5. The molecule has 1 atom stereocenters. The van der Waals surface area contributed by atoms with Crippen molar-refractivity contribution in [1.29, 1.82) is 0 Å². The van der Waals surface area contributed by atoms with Crippen LogP contribution in [0, 0.1) is 10.8 Å². The first kappa shape index (κ1) is 35.6. The normalized spacial score (nSPS) is 20.8. The van der Waals surface area contributed by atoms with Crippen LogP contribution in [-0.2, 0) is 11.0 Å². The molecule has 0 N–H and O–H groups in total. The topological polar surface area (TPSA) is 34.2 Å². The van der Waals surface area contributed by atoms with Gasteiger partial charge in [0.1, 0.15) is 17.2 Å². The molecule has 284 valence electrons. The van der Waals surface area contributed by atoms with Crippen molar-refractivity contribution in [3.63, 3.8) is 0 Å². The van der Waals surface area contributed by atoms with Gasteiger partial charge in [0.05, 0.1) is 25.6 Å². The number of anilines is 2. The number of nitrogens with zero attached hydrogens (tertiary/aromatic N) is 2. The first-order valence-electron chi connectivity index (χ1n) is 19.0. The Morgan fingerprint density at radius 2 is 1.24 bits per heavy atom. The summed E-state index contributed by atoms with van der Waals surface area (Å²) < 4.78 is 62.8. The summed E-state index contributed by atoms with van der Waals surface area (Å²) in [6.45, 7) is 9.51. The molecule has 5 aromatic rings. The van der Waals surface area contributed by atoms with Gasteiger partial charge in [0.25, 0.3) is 0 Å². The van der Waals surface area contributed by atoms with Crippen LogP contribution < -0.4 is 24.0 Å². The molecule has 55 heavy (non-hydrogen) atoms. The van der Waals surface area contributed by atoms with E-state index in [2.05, 4.69) is 64.1 Å². The van der Waals surface area contributed by atoms with E-state index in [0.29, 0.717) is 17.1 Å². The van der Waals surface area contributed by atoms with Gasteiger partial charge in [-0.25, -0.2) is 0 Å². The van der Waals surface area contributed by atoms with Crippen LogP contribution in [0.15, 0.2) is 91.0 Å². The highest BCUT2D eigenvalue weighted by Crippen LogP contribution is 2.67. The fourth-order valence-corrected chi connectivity index (χ4v) is 11.4. The molecule has 1 fully saturated rings. The van der Waals surface area contributed by atoms with E-state index in [9.17, 15) is 13.2 Å². The lowest BCUT2D eigenvalue weighted by Crippen LogP contribution is -2.50. The van der Waals surface area contributed by atoms with Crippen LogP contribution in [0.1, 0.15) is 74.8 Å². The quantitative estimate of drug-likeness (QED) is 0.183. The van der Waals surface area contributed by atoms with E-state index in [1.807, 2.05) is 60.7 Å². The molecular formula is C47H47F3N2O3. The van der Waals surface area contributed by atoms with Gasteiger partial charge in [-0.1, -0.05) is 82.3 Å². The summed E-state index contributed by atoms with van der Waals surface area (Å²) in [7, 11) is 6.37. The number of rotatable bonds is 4. The minimum absolute atomic E-state index is 0.0221. The maximum atomic E-state index is 14.7. The van der Waals surface area contributed by atoms with E-state index in [0.717, 1.165) is 69.4 Å². The number of benzene rings is 5. The number of alkyl halides is 3. The summed E-state index contributed by atoms with van der Waals surface area (Å²) in [4.78, 5) is 2.71. The molecule has 0 aromatic heterocycles. The Morgan fingerprint density at radius 3 is 1.76 bits per heavy atom. The van der Waals surface area contributed by atoms with Crippen LogP contribution in [0.2, 0.25) is 0 Å². The van der Waals surface area contributed by atoms with Gasteiger partial charge in [-0.3, -0.25) is 0 Å². The highest BCUT2D eigenvalue weighted by Gasteiger charge is 2.56. The number of hydrogen-bond donors (Lipinski definition) is 0. The average molecular weight is 745 g/mol. The van der Waals surface area contributed by atoms with Crippen molar-refractivity contribution in [2.24, 2.45) is 10.8 Å². The monoisotopic (exact) mass is 744 g/mol. The lowest BCUT2D eigenvalue weighted by Gasteiger charge is -2.52. The summed E-state index contributed by atoms with van der Waals surface area (Å²) >= 11 is 0. The van der Waals surface area contributed by atoms with Gasteiger partial charge >= 0.3 is 6.18 Å². The Labute approximate surface area is 321 Å². The Kier molecular flexibility index (Phi) is 7.57. The Bertz CT molecular complexity index is 2330. The van der Waals surface area contributed by atoms with E-state index in [4.69, 9.17) is 14.2 Å². The zero-order chi connectivity index (χ0) is 38.9. The van der Waals surface area contributed by atoms with Crippen molar-refractivity contribution < 1.29 is 27.4 Å². The SMILES string of the molecule is COc1ccc(C2(c3ccc(OC)cc3)C=Cc3c4c(c5cc6c(cc5c3O2)N(C)C(C(F)(F)F)N6C)-c2ccccc2C42CC(C)(C)CC(C)(C)C2)cc1. The molecule has 8 heteroatoms. The lowest BCUT2D eigenvalue weighted by atomic mass is 9.52. The van der Waals surface area contributed by atoms with E-state index < -0.39 is 17.9 Å². The molecule has 4 aliphatic rings. The van der Waals surface area contributed by atoms with Crippen LogP contribution in [-0.4, -0.2) is 40.7 Å². The van der Waals surface area contributed by atoms with E-state index in [1.165, 1.54) is 28.0 Å². The standard InChI is InChI=1S/C47H47F3N2O3/c1-43(2)25-44(3,4)27-45(26-43)36-12-10-9-11-32(36)39-34-23-37-38(52(6)42(51(37)5)47(48,49)50)24-35(34)41-33(40(39)45)21-22-46(55-41,28-13-17-30(53-7)18-14-28)29-15-19-31(54-8)20-16-29/h9-24,42H,25-27H2,1-8H3. The molecule has 0 bridgehead atoms. The van der Waals surface area contributed by atoms with Crippen LogP contribution in [0.5, 0.6) is 17.2 Å². The average Bonchev–Trinajstić information content (AvgIpc) is 3.55. The van der Waals surface area contributed by atoms with Gasteiger partial charge in [0.2, 0.25) is 0 Å². The van der Waals surface area contributed by atoms with Crippen molar-refractivity contribution >= 4 is 28.2 Å². The van der Waals surface area contributed by atoms with Gasteiger partial charge in [0, 0.05) is 41.6 Å². The smallest absolute Gasteiger partial charge is 0.427 e. The molecule has 1 saturated carbocycles. The van der Waals surface area contributed by atoms with Crippen LogP contribution >= 0.6 is 0 Å². The first-order chi connectivity index (χ1) is 26.0. The van der Waals surface area contributed by atoms with Gasteiger partial charge < -0.3 is 24.0 Å². The van der Waals surface area contributed by atoms with Crippen molar-refractivity contribution in [3.05, 3.63) is 119 Å². The highest BCUT2D eigenvalue weighted by atomic mass is 19.4. The second-order valence-corrected chi connectivity index (χ2v) is 17.6. The number of methoxy groups -OCH3 is 2. The molecule has 2 aliphatic heterocycles. The summed E-state index contributed by atoms with van der Waals surface area (Å²) in [5.74, 6) is 2.12. The molecule has 0 amide bonds. The van der Waals surface area contributed by atoms with Gasteiger partial charge in [0.15, 0.2) is 11.8 Å². The van der Waals surface area contributed by atoms with Crippen molar-refractivity contribution in [1.82, 2.24) is 0 Å². The van der Waals surface area contributed by atoms with Crippen LogP contribution in [0.3, 0.4) is 0 Å². The molecule has 5 aromatic carbocycles. The Balaban J connectivity index is 1.40. The summed E-state index contributed by atoms with van der Waals surface area (Å²) in [6, 6.07) is 28.4. The molecule has 9 rings (SSSR count). The number of halogens is 3. The minimum Gasteiger partial charge on any atom is -0.497 e. The van der Waals surface area contributed by atoms with Crippen LogP contribution in [0.4, 0.5) is 24.5 Å². The largest absolute Gasteiger partial charge is 0.497 e. The number of fused-ring (bicyclic) bond motifs is 11. The fraction of sp³-hybridized carbons (Fsp3) is 0.362. The van der Waals surface area contributed by atoms with Gasteiger partial charge in [-0.05, 0) is 100 Å². The third-order valence-electron chi connectivity index (χ3n) is 12.7. The maximum absolute atomic E-state index is 14.7. The minimum atomic E-state index is -4.47. The van der Waals surface area contributed by atoms with Crippen molar-refractivity contribution in [2.75, 3.05) is 38.1 Å². The molecule has 5 nitrogen and oxygen atoms in total. The molecule has 2 heterocycles. The molecule has 0 saturated heterocycles. The first-order valence-corrected chi connectivity index (χ1v) is 19.0. The zero-order valence-corrected chi connectivity index (χ0v) is 32.7. The summed E-state index contributed by atoms with van der Waals surface area (Å²) in [5, 5.41) is 1.68. The van der Waals surface area contributed by atoms with E-state index >= 15 is 0 Å². The number of ether oxygens (including phenoxy) is 3. The van der Waals surface area contributed by atoms with E-state index in [1.54, 1.807) is 21.3 Å². The Morgan fingerprint density at radius 1 is 0.709 bits per heavy atom. The predicted molar refractivity (Wildman–Crippen MR) is 215 cm³/mol. The Hall–Kier alpha value is -5.11. The number of hydrogen-bond acceptors (Lipinski definition) is 5. The fourth-order valence-electron chi connectivity index (χ4n) is 11.4. The van der Waals surface area contributed by atoms with E-state index in [-0.39, 0.29) is 16.2 Å². The second-order valence-electron chi connectivity index (χ2n) is 17.6. The third kappa shape index (κ3) is 5.12. The second kappa shape index (κ2) is 11.7. The van der Waals surface area contributed by atoms with Gasteiger partial charge in [-0.2, -0.15) is 13.2 Å². The maximum Gasteiger partial charge on any atom is 0.427 e. The van der Waals surface area contributed by atoms with Crippen molar-refractivity contribution in [3.8, 4) is 28.4 Å². The molecule has 1 spiro atoms.